The first-order valence-corrected chi connectivity index (χ1v) is 7.17. The van der Waals surface area contributed by atoms with E-state index in [0.29, 0.717) is 19.3 Å². The fourth-order valence-electron chi connectivity index (χ4n) is 2.90. The molecule has 0 aromatic heterocycles. The molecule has 1 aliphatic heterocycles. The maximum absolute atomic E-state index is 12.8. The van der Waals surface area contributed by atoms with Crippen LogP contribution in [0.2, 0.25) is 0 Å². The van der Waals surface area contributed by atoms with E-state index in [4.69, 9.17) is 5.11 Å². The lowest BCUT2D eigenvalue weighted by atomic mass is 9.78. The molecule has 1 heterocycles. The molecule has 0 spiro atoms. The minimum Gasteiger partial charge on any atom is -0.481 e. The maximum Gasteiger partial charge on any atom is 0.394 e. The Labute approximate surface area is 125 Å². The fourth-order valence-corrected chi connectivity index (χ4v) is 2.90. The summed E-state index contributed by atoms with van der Waals surface area (Å²) < 4.78 is 38.4. The molecule has 2 rings (SSSR count). The Balaban J connectivity index is 1.86. The van der Waals surface area contributed by atoms with Gasteiger partial charge in [0, 0.05) is 19.6 Å². The Kier molecular flexibility index (Phi) is 4.55. The van der Waals surface area contributed by atoms with Crippen LogP contribution in [0.25, 0.3) is 0 Å². The van der Waals surface area contributed by atoms with E-state index in [1.165, 1.54) is 0 Å². The summed E-state index contributed by atoms with van der Waals surface area (Å²) in [4.78, 5) is 23.7. The molecule has 3 N–H and O–H groups in total. The zero-order chi connectivity index (χ0) is 16.5. The number of hydrogen-bond acceptors (Lipinski definition) is 3. The van der Waals surface area contributed by atoms with Crippen molar-refractivity contribution >= 4 is 12.0 Å². The van der Waals surface area contributed by atoms with Crippen molar-refractivity contribution in [2.24, 2.45) is 11.8 Å². The van der Waals surface area contributed by atoms with Crippen molar-refractivity contribution in [3.63, 3.8) is 0 Å². The molecule has 0 aromatic carbocycles. The smallest absolute Gasteiger partial charge is 0.394 e. The molecule has 6 nitrogen and oxygen atoms in total. The molecule has 0 aromatic rings. The molecule has 2 aliphatic rings. The topological polar surface area (TPSA) is 89.9 Å². The number of halogens is 3. The van der Waals surface area contributed by atoms with E-state index in [-0.39, 0.29) is 6.54 Å². The Morgan fingerprint density at radius 3 is 2.32 bits per heavy atom. The third-order valence-electron chi connectivity index (χ3n) is 4.50. The highest BCUT2D eigenvalue weighted by molar-refractivity contribution is 5.77. The van der Waals surface area contributed by atoms with Gasteiger partial charge < -0.3 is 20.4 Å². The molecule has 9 heteroatoms. The predicted molar refractivity (Wildman–Crippen MR) is 69.1 cm³/mol. The molecular weight excluding hydrogens is 305 g/mol. The van der Waals surface area contributed by atoms with Crippen LogP contribution >= 0.6 is 0 Å². The van der Waals surface area contributed by atoms with E-state index in [0.717, 1.165) is 11.3 Å². The number of nitrogens with one attached hydrogen (secondary N) is 1. The van der Waals surface area contributed by atoms with E-state index in [1.807, 2.05) is 0 Å². The van der Waals surface area contributed by atoms with Gasteiger partial charge in [-0.2, -0.15) is 13.2 Å². The van der Waals surface area contributed by atoms with Gasteiger partial charge in [-0.15, -0.1) is 0 Å². The average molecular weight is 324 g/mol. The number of rotatable bonds is 4. The van der Waals surface area contributed by atoms with Crippen molar-refractivity contribution < 1.29 is 33.0 Å². The largest absolute Gasteiger partial charge is 0.481 e. The molecule has 2 amide bonds. The lowest BCUT2D eigenvalue weighted by Crippen LogP contribution is -2.44. The summed E-state index contributed by atoms with van der Waals surface area (Å²) in [5.41, 5.74) is -0.781. The van der Waals surface area contributed by atoms with Crippen LogP contribution < -0.4 is 5.32 Å². The first-order chi connectivity index (χ1) is 10.1. The van der Waals surface area contributed by atoms with Crippen LogP contribution in [0.4, 0.5) is 18.0 Å². The van der Waals surface area contributed by atoms with Gasteiger partial charge >= 0.3 is 18.2 Å². The average Bonchev–Trinajstić information content (AvgIpc) is 2.81. The summed E-state index contributed by atoms with van der Waals surface area (Å²) in [5.74, 6) is -5.24. The number of carbonyl (C=O) groups excluding carboxylic acids is 1. The SMILES string of the molecule is O=C(O)[C@@H]1CN(C(=O)NCCC2(O)CCC2)C[C@H]1C(F)(F)F. The number of nitrogens with zero attached hydrogens (tertiary/aromatic N) is 1. The minimum atomic E-state index is -4.65. The zero-order valence-electron chi connectivity index (χ0n) is 11.9. The second-order valence-electron chi connectivity index (χ2n) is 6.06. The summed E-state index contributed by atoms with van der Waals surface area (Å²) in [6.07, 6.45) is -2.07. The lowest BCUT2D eigenvalue weighted by molar-refractivity contribution is -0.187. The van der Waals surface area contributed by atoms with E-state index in [1.54, 1.807) is 0 Å². The molecule has 2 atom stereocenters. The number of aliphatic carboxylic acids is 1. The molecule has 1 aliphatic carbocycles. The Hall–Kier alpha value is -1.51. The number of likely N-dealkylation sites (tertiary alicyclic amines) is 1. The zero-order valence-corrected chi connectivity index (χ0v) is 11.9. The van der Waals surface area contributed by atoms with E-state index in [2.05, 4.69) is 5.32 Å². The molecule has 126 valence electrons. The van der Waals surface area contributed by atoms with Crippen molar-refractivity contribution in [1.29, 1.82) is 0 Å². The highest BCUT2D eigenvalue weighted by Crippen LogP contribution is 2.38. The van der Waals surface area contributed by atoms with Gasteiger partial charge in [-0.25, -0.2) is 4.79 Å². The van der Waals surface area contributed by atoms with Crippen LogP contribution in [-0.2, 0) is 4.79 Å². The van der Waals surface area contributed by atoms with Crippen molar-refractivity contribution in [2.75, 3.05) is 19.6 Å². The molecule has 0 radical (unpaired) electrons. The van der Waals surface area contributed by atoms with Crippen LogP contribution in [0, 0.1) is 11.8 Å². The summed E-state index contributed by atoms with van der Waals surface area (Å²) >= 11 is 0. The summed E-state index contributed by atoms with van der Waals surface area (Å²) in [7, 11) is 0. The van der Waals surface area contributed by atoms with Crippen molar-refractivity contribution in [3.8, 4) is 0 Å². The quantitative estimate of drug-likeness (QED) is 0.725. The van der Waals surface area contributed by atoms with E-state index >= 15 is 0 Å². The molecule has 22 heavy (non-hydrogen) atoms. The van der Waals surface area contributed by atoms with Gasteiger partial charge in [-0.05, 0) is 25.7 Å². The van der Waals surface area contributed by atoms with Gasteiger partial charge in [0.15, 0.2) is 0 Å². The molecule has 0 unspecified atom stereocenters. The highest BCUT2D eigenvalue weighted by atomic mass is 19.4. The second kappa shape index (κ2) is 5.94. The highest BCUT2D eigenvalue weighted by Gasteiger charge is 2.53. The van der Waals surface area contributed by atoms with Crippen LogP contribution in [0.3, 0.4) is 0 Å². The molecular formula is C13H19F3N2O4. The number of hydrogen-bond donors (Lipinski definition) is 3. The monoisotopic (exact) mass is 324 g/mol. The lowest BCUT2D eigenvalue weighted by Gasteiger charge is -2.36. The molecule has 1 saturated carbocycles. The van der Waals surface area contributed by atoms with Crippen molar-refractivity contribution in [3.05, 3.63) is 0 Å². The normalized spacial score (nSPS) is 27.4. The predicted octanol–water partition coefficient (Wildman–Crippen LogP) is 1.20. The number of carboxylic acids is 1. The van der Waals surface area contributed by atoms with Crippen molar-refractivity contribution in [1.82, 2.24) is 10.2 Å². The number of alkyl halides is 3. The van der Waals surface area contributed by atoms with E-state index < -0.39 is 48.7 Å². The summed E-state index contributed by atoms with van der Waals surface area (Å²) in [5, 5.41) is 21.2. The number of carbonyl (C=O) groups is 2. The number of urea groups is 1. The van der Waals surface area contributed by atoms with Crippen LogP contribution in [0.1, 0.15) is 25.7 Å². The fraction of sp³-hybridized carbons (Fsp3) is 0.846. The summed E-state index contributed by atoms with van der Waals surface area (Å²) in [6, 6.07) is -0.721. The van der Waals surface area contributed by atoms with Gasteiger partial charge in [0.05, 0.1) is 17.4 Å². The third kappa shape index (κ3) is 3.63. The Morgan fingerprint density at radius 1 is 1.27 bits per heavy atom. The van der Waals surface area contributed by atoms with Crippen LogP contribution in [0.5, 0.6) is 0 Å². The van der Waals surface area contributed by atoms with Crippen LogP contribution in [0.15, 0.2) is 0 Å². The van der Waals surface area contributed by atoms with Gasteiger partial charge in [0.25, 0.3) is 0 Å². The molecule has 0 bridgehead atoms. The Morgan fingerprint density at radius 2 is 1.91 bits per heavy atom. The minimum absolute atomic E-state index is 0.153. The van der Waals surface area contributed by atoms with Crippen molar-refractivity contribution in [2.45, 2.75) is 37.5 Å². The standard InChI is InChI=1S/C13H19F3N2O4/c14-13(15,16)9-7-18(6-8(9)10(19)20)11(21)17-5-4-12(22)2-1-3-12/h8-9,22H,1-7H2,(H,17,21)(H,19,20)/t8-,9-/m1/s1. The molecule has 1 saturated heterocycles. The van der Waals surface area contributed by atoms with Gasteiger partial charge in [-0.3, -0.25) is 4.79 Å². The van der Waals surface area contributed by atoms with Gasteiger partial charge in [-0.1, -0.05) is 0 Å². The van der Waals surface area contributed by atoms with Gasteiger partial charge in [0.2, 0.25) is 0 Å². The number of amides is 2. The third-order valence-corrected chi connectivity index (χ3v) is 4.50. The Bertz CT molecular complexity index is 451. The summed E-state index contributed by atoms with van der Waals surface area (Å²) in [6.45, 7) is -0.966. The van der Waals surface area contributed by atoms with Crippen LogP contribution in [-0.4, -0.2) is 58.5 Å². The molecule has 2 fully saturated rings. The number of aliphatic hydroxyl groups is 1. The van der Waals surface area contributed by atoms with Gasteiger partial charge in [0.1, 0.15) is 0 Å². The first kappa shape index (κ1) is 16.9. The number of carboxylic acid groups (broad SMARTS) is 1. The first-order valence-electron chi connectivity index (χ1n) is 7.17. The second-order valence-corrected chi connectivity index (χ2v) is 6.06. The maximum atomic E-state index is 12.8. The van der Waals surface area contributed by atoms with E-state index in [9.17, 15) is 27.9 Å².